The highest BCUT2D eigenvalue weighted by Crippen LogP contribution is 2.32. The van der Waals surface area contributed by atoms with E-state index in [2.05, 4.69) is 19.8 Å². The molecule has 9 heteroatoms. The Morgan fingerprint density at radius 2 is 1.53 bits per heavy atom. The van der Waals surface area contributed by atoms with Crippen LogP contribution in [0, 0.1) is 0 Å². The minimum atomic E-state index is -0.164. The van der Waals surface area contributed by atoms with Gasteiger partial charge >= 0.3 is 0 Å². The van der Waals surface area contributed by atoms with E-state index in [0.29, 0.717) is 30.0 Å². The van der Waals surface area contributed by atoms with Crippen molar-refractivity contribution in [1.29, 1.82) is 0 Å². The molecular weight excluding hydrogens is 482 g/mol. The van der Waals surface area contributed by atoms with Crippen LogP contribution in [0.25, 0.3) is 11.1 Å². The zero-order chi connectivity index (χ0) is 26.5. The molecule has 0 bridgehead atoms. The summed E-state index contributed by atoms with van der Waals surface area (Å²) in [5.41, 5.74) is 3.37. The summed E-state index contributed by atoms with van der Waals surface area (Å²) in [4.78, 5) is 40.4. The number of carbonyl (C=O) groups is 2. The number of anilines is 1. The van der Waals surface area contributed by atoms with Gasteiger partial charge in [-0.05, 0) is 48.7 Å². The minimum Gasteiger partial charge on any atom is -0.493 e. The maximum atomic E-state index is 12.7. The fourth-order valence-corrected chi connectivity index (χ4v) is 5.05. The molecule has 5 rings (SSSR count). The maximum absolute atomic E-state index is 12.7. The van der Waals surface area contributed by atoms with Crippen molar-refractivity contribution in [3.05, 3.63) is 66.0 Å². The molecule has 2 aliphatic rings. The summed E-state index contributed by atoms with van der Waals surface area (Å²) in [6.07, 6.45) is 5.74. The lowest BCUT2D eigenvalue weighted by atomic mass is 9.98. The van der Waals surface area contributed by atoms with Crippen molar-refractivity contribution in [2.45, 2.75) is 19.3 Å². The molecule has 3 heterocycles. The van der Waals surface area contributed by atoms with E-state index in [0.717, 1.165) is 68.2 Å². The molecule has 2 aromatic carbocycles. The second kappa shape index (κ2) is 11.6. The summed E-state index contributed by atoms with van der Waals surface area (Å²) in [6.45, 7) is 4.99. The summed E-state index contributed by atoms with van der Waals surface area (Å²) in [6, 6.07) is 13.2. The average molecular weight is 516 g/mol. The van der Waals surface area contributed by atoms with Crippen molar-refractivity contribution < 1.29 is 19.1 Å². The topological polar surface area (TPSA) is 88.1 Å². The number of benzene rings is 2. The fourth-order valence-electron chi connectivity index (χ4n) is 5.05. The van der Waals surface area contributed by atoms with Gasteiger partial charge in [-0.25, -0.2) is 9.97 Å². The molecule has 1 aromatic heterocycles. The molecule has 0 atom stereocenters. The van der Waals surface area contributed by atoms with Crippen LogP contribution in [0.5, 0.6) is 11.5 Å². The Bertz CT molecular complexity index is 1290. The molecule has 0 spiro atoms. The average Bonchev–Trinajstić information content (AvgIpc) is 2.96. The largest absolute Gasteiger partial charge is 0.493 e. The van der Waals surface area contributed by atoms with Crippen molar-refractivity contribution in [1.82, 2.24) is 19.8 Å². The van der Waals surface area contributed by atoms with Gasteiger partial charge in [0.2, 0.25) is 11.9 Å². The van der Waals surface area contributed by atoms with Gasteiger partial charge in [0.15, 0.2) is 11.5 Å². The van der Waals surface area contributed by atoms with E-state index >= 15 is 0 Å². The number of hydrogen-bond donors (Lipinski definition) is 0. The van der Waals surface area contributed by atoms with E-state index in [1.807, 2.05) is 54.9 Å². The summed E-state index contributed by atoms with van der Waals surface area (Å²) in [5, 5.41) is 0. The number of nitrogens with zero attached hydrogens (tertiary/aromatic N) is 5. The quantitative estimate of drug-likeness (QED) is 0.317. The molecule has 0 saturated carbocycles. The molecular formula is C29H33N5O4. The van der Waals surface area contributed by atoms with Crippen LogP contribution in [0.3, 0.4) is 0 Å². The summed E-state index contributed by atoms with van der Waals surface area (Å²) >= 11 is 0. The van der Waals surface area contributed by atoms with Crippen LogP contribution in [0.15, 0.2) is 54.9 Å². The third-order valence-corrected chi connectivity index (χ3v) is 7.25. The second-order valence-electron chi connectivity index (χ2n) is 9.56. The Morgan fingerprint density at radius 3 is 2.26 bits per heavy atom. The lowest BCUT2D eigenvalue weighted by Crippen LogP contribution is -2.47. The van der Waals surface area contributed by atoms with Crippen LogP contribution in [0.2, 0.25) is 0 Å². The zero-order valence-corrected chi connectivity index (χ0v) is 21.9. The van der Waals surface area contributed by atoms with Gasteiger partial charge in [0.1, 0.15) is 0 Å². The third kappa shape index (κ3) is 5.47. The second-order valence-corrected chi connectivity index (χ2v) is 9.56. The van der Waals surface area contributed by atoms with Gasteiger partial charge < -0.3 is 14.4 Å². The van der Waals surface area contributed by atoms with Gasteiger partial charge in [0.05, 0.1) is 20.6 Å². The summed E-state index contributed by atoms with van der Waals surface area (Å²) < 4.78 is 10.7. The molecule has 1 saturated heterocycles. The van der Waals surface area contributed by atoms with E-state index in [4.69, 9.17) is 9.47 Å². The Hall–Kier alpha value is -3.98. The van der Waals surface area contributed by atoms with Crippen molar-refractivity contribution in [2.24, 2.45) is 0 Å². The van der Waals surface area contributed by atoms with Crippen molar-refractivity contribution in [2.75, 3.05) is 58.4 Å². The normalized spacial score (nSPS) is 15.9. The Labute approximate surface area is 223 Å². The smallest absolute Gasteiger partial charge is 0.260 e. The Morgan fingerprint density at radius 1 is 0.816 bits per heavy atom. The molecule has 2 amide bonds. The van der Waals surface area contributed by atoms with Gasteiger partial charge in [-0.15, -0.1) is 0 Å². The first-order valence-corrected chi connectivity index (χ1v) is 13.0. The number of methoxy groups -OCH3 is 2. The van der Waals surface area contributed by atoms with Crippen LogP contribution in [-0.4, -0.2) is 85.1 Å². The minimum absolute atomic E-state index is 0.0977. The number of piperazine rings is 1. The summed E-state index contributed by atoms with van der Waals surface area (Å²) in [7, 11) is 3.24. The first-order chi connectivity index (χ1) is 18.6. The molecule has 0 N–H and O–H groups in total. The molecule has 2 aliphatic heterocycles. The first-order valence-electron chi connectivity index (χ1n) is 13.0. The van der Waals surface area contributed by atoms with Gasteiger partial charge in [-0.1, -0.05) is 24.3 Å². The number of hydrogen-bond acceptors (Lipinski definition) is 8. The van der Waals surface area contributed by atoms with Gasteiger partial charge in [0, 0.05) is 56.2 Å². The van der Waals surface area contributed by atoms with Crippen molar-refractivity contribution >= 4 is 17.8 Å². The highest BCUT2D eigenvalue weighted by molar-refractivity contribution is 6.09. The molecule has 198 valence electrons. The van der Waals surface area contributed by atoms with Gasteiger partial charge in [-0.3, -0.25) is 19.4 Å². The maximum Gasteiger partial charge on any atom is 0.260 e. The van der Waals surface area contributed by atoms with E-state index in [9.17, 15) is 9.59 Å². The van der Waals surface area contributed by atoms with E-state index in [1.165, 1.54) is 4.90 Å². The molecule has 0 radical (unpaired) electrons. The third-order valence-electron chi connectivity index (χ3n) is 7.25. The highest BCUT2D eigenvalue weighted by atomic mass is 16.5. The van der Waals surface area contributed by atoms with Gasteiger partial charge in [0.25, 0.3) is 5.91 Å². The van der Waals surface area contributed by atoms with Crippen molar-refractivity contribution in [3.63, 3.8) is 0 Å². The lowest BCUT2D eigenvalue weighted by molar-refractivity contribution is -0.128. The van der Waals surface area contributed by atoms with Crippen molar-refractivity contribution in [3.8, 4) is 22.6 Å². The molecule has 3 aromatic rings. The molecule has 9 nitrogen and oxygen atoms in total. The zero-order valence-electron chi connectivity index (χ0n) is 21.9. The first kappa shape index (κ1) is 25.7. The molecule has 1 fully saturated rings. The molecule has 38 heavy (non-hydrogen) atoms. The number of imide groups is 1. The van der Waals surface area contributed by atoms with Crippen LogP contribution >= 0.6 is 0 Å². The number of unbranched alkanes of at least 4 members (excludes halogenated alkanes) is 1. The number of carbonyl (C=O) groups excluding carboxylic acids is 2. The number of amides is 2. The van der Waals surface area contributed by atoms with Gasteiger partial charge in [-0.2, -0.15) is 0 Å². The predicted molar refractivity (Wildman–Crippen MR) is 145 cm³/mol. The number of aromatic nitrogens is 2. The molecule has 0 unspecified atom stereocenters. The SMILES string of the molecule is COc1ccc(-c2cnc(N3CCN(CCCCN4C(=O)Cc5ccccc5C4=O)CC3)nc2)cc1OC. The summed E-state index contributed by atoms with van der Waals surface area (Å²) in [5.74, 6) is 1.83. The predicted octanol–water partition coefficient (Wildman–Crippen LogP) is 3.29. The van der Waals surface area contributed by atoms with E-state index < -0.39 is 0 Å². The highest BCUT2D eigenvalue weighted by Gasteiger charge is 2.30. The fraction of sp³-hybridized carbons (Fsp3) is 0.379. The monoisotopic (exact) mass is 515 g/mol. The lowest BCUT2D eigenvalue weighted by Gasteiger charge is -2.34. The Balaban J connectivity index is 1.07. The van der Waals surface area contributed by atoms with Crippen LogP contribution in [-0.2, 0) is 11.2 Å². The van der Waals surface area contributed by atoms with Crippen LogP contribution in [0.1, 0.15) is 28.8 Å². The number of fused-ring (bicyclic) bond motifs is 1. The van der Waals surface area contributed by atoms with E-state index in [-0.39, 0.29) is 11.8 Å². The molecule has 0 aliphatic carbocycles. The van der Waals surface area contributed by atoms with E-state index in [1.54, 1.807) is 14.2 Å². The standard InChI is InChI=1S/C29H33N5O4/c1-37-25-10-9-21(17-26(25)38-2)23-19-30-29(31-20-23)33-15-13-32(14-16-33)11-5-6-12-34-27(35)18-22-7-3-4-8-24(22)28(34)36/h3-4,7-10,17,19-20H,5-6,11-16,18H2,1-2H3. The number of ether oxygens (including phenoxy) is 2. The van der Waals surface area contributed by atoms with Crippen LogP contribution < -0.4 is 14.4 Å². The Kier molecular flexibility index (Phi) is 7.83. The number of rotatable bonds is 9. The van der Waals surface area contributed by atoms with Crippen LogP contribution in [0.4, 0.5) is 5.95 Å².